The van der Waals surface area contributed by atoms with Gasteiger partial charge in [-0.3, -0.25) is 0 Å². The molecule has 0 spiro atoms. The summed E-state index contributed by atoms with van der Waals surface area (Å²) < 4.78 is 7.09. The van der Waals surface area contributed by atoms with E-state index in [0.717, 1.165) is 47.7 Å². The Morgan fingerprint density at radius 2 is 1.61 bits per heavy atom. The molecule has 0 aromatic heterocycles. The van der Waals surface area contributed by atoms with Gasteiger partial charge < -0.3 is 10.1 Å². The van der Waals surface area contributed by atoms with E-state index in [0.29, 0.717) is 5.57 Å². The quantitative estimate of drug-likeness (QED) is 0.110. The third kappa shape index (κ3) is 7.12. The van der Waals surface area contributed by atoms with E-state index >= 15 is 0 Å². The first-order valence-electron chi connectivity index (χ1n) is 12.6. The molecule has 38 heavy (non-hydrogen) atoms. The van der Waals surface area contributed by atoms with Crippen LogP contribution in [-0.2, 0) is 19.3 Å². The van der Waals surface area contributed by atoms with E-state index in [1.807, 2.05) is 13.0 Å². The van der Waals surface area contributed by atoms with Crippen molar-refractivity contribution in [2.45, 2.75) is 46.5 Å². The number of nitriles is 1. The molecule has 0 saturated heterocycles. The Morgan fingerprint density at radius 3 is 2.18 bits per heavy atom. The predicted molar refractivity (Wildman–Crippen MR) is 162 cm³/mol. The fourth-order valence-electron chi connectivity index (χ4n) is 4.55. The van der Waals surface area contributed by atoms with Gasteiger partial charge in [0.25, 0.3) is 0 Å². The van der Waals surface area contributed by atoms with Crippen molar-refractivity contribution >= 4 is 22.1 Å². The Balaban J connectivity index is 1.80. The first-order valence-corrected chi connectivity index (χ1v) is 13.4. The molecule has 3 nitrogen and oxygen atoms in total. The maximum absolute atomic E-state index is 9.02. The van der Waals surface area contributed by atoms with E-state index in [4.69, 9.17) is 21.8 Å². The second-order valence-electron chi connectivity index (χ2n) is 9.40. The van der Waals surface area contributed by atoms with Crippen LogP contribution in [0, 0.1) is 49.9 Å². The van der Waals surface area contributed by atoms with Gasteiger partial charge in [0, 0.05) is 17.1 Å². The average molecular weight is 566 g/mol. The minimum atomic E-state index is 0.249. The van der Waals surface area contributed by atoms with E-state index in [-0.39, 0.29) is 12.2 Å². The topological polar surface area (TPSA) is 56.9 Å². The van der Waals surface area contributed by atoms with Crippen molar-refractivity contribution in [3.8, 4) is 35.3 Å². The smallest absolute Gasteiger partial charge is 0.123 e. The number of terminal acetylenes is 1. The molecule has 0 atom stereocenters. The molecule has 0 saturated carbocycles. The molecule has 1 N–H and O–H groups in total. The first-order chi connectivity index (χ1) is 18.3. The van der Waals surface area contributed by atoms with Gasteiger partial charge in [-0.05, 0) is 108 Å². The lowest BCUT2D eigenvalue weighted by Crippen LogP contribution is -2.03. The molecule has 3 rings (SSSR count). The highest BCUT2D eigenvalue weighted by molar-refractivity contribution is 9.10. The summed E-state index contributed by atoms with van der Waals surface area (Å²) in [7, 11) is 0. The number of halogens is 1. The molecule has 0 amide bonds. The van der Waals surface area contributed by atoms with Crippen LogP contribution >= 0.6 is 15.9 Å². The van der Waals surface area contributed by atoms with Crippen LogP contribution in [0.4, 0.5) is 0 Å². The molecule has 192 valence electrons. The molecule has 0 aliphatic carbocycles. The van der Waals surface area contributed by atoms with Crippen LogP contribution in [-0.4, -0.2) is 12.8 Å². The Bertz CT molecular complexity index is 1470. The van der Waals surface area contributed by atoms with Crippen LogP contribution in [0.1, 0.15) is 39.8 Å². The third-order valence-electron chi connectivity index (χ3n) is 6.79. The maximum atomic E-state index is 9.02. The summed E-state index contributed by atoms with van der Waals surface area (Å²) in [4.78, 5) is 0. The number of aryl methyl sites for hydroxylation is 4. The molecule has 3 aromatic rings. The minimum Gasteiger partial charge on any atom is -0.489 e. The van der Waals surface area contributed by atoms with Gasteiger partial charge in [-0.1, -0.05) is 58.9 Å². The highest BCUT2D eigenvalue weighted by Gasteiger charge is 2.13. The number of rotatable bonds is 11. The van der Waals surface area contributed by atoms with Gasteiger partial charge in [0.2, 0.25) is 0 Å². The number of nitrogens with zero attached hydrogens (tertiary/aromatic N) is 1. The van der Waals surface area contributed by atoms with Gasteiger partial charge in [-0.25, -0.2) is 0 Å². The zero-order chi connectivity index (χ0) is 27.7. The Hall–Kier alpha value is -3.86. The van der Waals surface area contributed by atoms with Gasteiger partial charge in [0.05, 0.1) is 5.57 Å². The Morgan fingerprint density at radius 1 is 1.00 bits per heavy atom. The average Bonchev–Trinajstić information content (AvgIpc) is 2.91. The van der Waals surface area contributed by atoms with Crippen molar-refractivity contribution < 1.29 is 4.74 Å². The van der Waals surface area contributed by atoms with Gasteiger partial charge in [0.15, 0.2) is 0 Å². The summed E-state index contributed by atoms with van der Waals surface area (Å²) in [6.07, 6.45) is 11.5. The predicted octanol–water partition coefficient (Wildman–Crippen LogP) is 8.43. The van der Waals surface area contributed by atoms with Crippen LogP contribution in [0.2, 0.25) is 0 Å². The lowest BCUT2D eigenvalue weighted by atomic mass is 9.89. The Labute approximate surface area is 235 Å². The number of hydrogen-bond donors (Lipinski definition) is 1. The lowest BCUT2D eigenvalue weighted by Gasteiger charge is -2.17. The van der Waals surface area contributed by atoms with E-state index in [1.165, 1.54) is 38.9 Å². The monoisotopic (exact) mass is 564 g/mol. The molecule has 0 radical (unpaired) electrons. The van der Waals surface area contributed by atoms with Crippen molar-refractivity contribution in [2.24, 2.45) is 0 Å². The SMILES string of the molecule is C#CCCc1cccc(-c2cccc(CCc3cc(OCC(=C)/C=C(/C#N)C=N)c(C)cc3Br)c2C)c1C. The molecule has 0 unspecified atom stereocenters. The molecule has 0 fully saturated rings. The van der Waals surface area contributed by atoms with Gasteiger partial charge >= 0.3 is 0 Å². The minimum absolute atomic E-state index is 0.249. The third-order valence-corrected chi connectivity index (χ3v) is 7.52. The fourth-order valence-corrected chi connectivity index (χ4v) is 5.20. The van der Waals surface area contributed by atoms with Crippen LogP contribution in [0.15, 0.2) is 76.8 Å². The van der Waals surface area contributed by atoms with E-state index < -0.39 is 0 Å². The normalized spacial score (nSPS) is 10.9. The van der Waals surface area contributed by atoms with Crippen molar-refractivity contribution in [3.63, 3.8) is 0 Å². The summed E-state index contributed by atoms with van der Waals surface area (Å²) >= 11 is 3.74. The molecule has 0 bridgehead atoms. The zero-order valence-corrected chi connectivity index (χ0v) is 23.9. The number of allylic oxidation sites excluding steroid dienone is 1. The molecular weight excluding hydrogens is 532 g/mol. The second-order valence-corrected chi connectivity index (χ2v) is 10.2. The van der Waals surface area contributed by atoms with Gasteiger partial charge in [-0.15, -0.1) is 12.3 Å². The molecular formula is C34H33BrN2O. The molecule has 4 heteroatoms. The lowest BCUT2D eigenvalue weighted by molar-refractivity contribution is 0.353. The largest absolute Gasteiger partial charge is 0.489 e. The number of benzene rings is 3. The van der Waals surface area contributed by atoms with Crippen LogP contribution in [0.3, 0.4) is 0 Å². The van der Waals surface area contributed by atoms with E-state index in [9.17, 15) is 0 Å². The summed E-state index contributed by atoms with van der Waals surface area (Å²) in [6, 6.07) is 19.2. The maximum Gasteiger partial charge on any atom is 0.123 e. The molecule has 0 heterocycles. The Kier molecular flexibility index (Phi) is 10.3. The molecule has 0 aliphatic rings. The summed E-state index contributed by atoms with van der Waals surface area (Å²) in [5.74, 6) is 3.54. The highest BCUT2D eigenvalue weighted by atomic mass is 79.9. The van der Waals surface area contributed by atoms with Crippen LogP contribution in [0.25, 0.3) is 11.1 Å². The van der Waals surface area contributed by atoms with E-state index in [2.05, 4.69) is 90.8 Å². The zero-order valence-electron chi connectivity index (χ0n) is 22.3. The number of hydrogen-bond acceptors (Lipinski definition) is 3. The van der Waals surface area contributed by atoms with Crippen LogP contribution < -0.4 is 4.74 Å². The second kappa shape index (κ2) is 13.6. The van der Waals surface area contributed by atoms with Crippen molar-refractivity contribution in [2.75, 3.05) is 6.61 Å². The van der Waals surface area contributed by atoms with Crippen molar-refractivity contribution in [3.05, 3.63) is 110 Å². The molecule has 3 aromatic carbocycles. The van der Waals surface area contributed by atoms with Crippen molar-refractivity contribution in [1.29, 1.82) is 10.7 Å². The molecule has 0 aliphatic heterocycles. The highest BCUT2D eigenvalue weighted by Crippen LogP contribution is 2.32. The standard InChI is InChI=1S/C34H33BrN2O/c1-6-7-10-28-11-8-13-31(25(28)4)32-14-9-12-29(26(32)5)15-16-30-19-34(24(3)18-33(30)35)38-22-23(2)17-27(20-36)21-37/h1,8-9,11-14,17-20,36H,2,7,10,15-16,22H2,3-5H3/b27-17+,36-20?. The van der Waals surface area contributed by atoms with Gasteiger partial charge in [0.1, 0.15) is 18.4 Å². The van der Waals surface area contributed by atoms with Crippen molar-refractivity contribution in [1.82, 2.24) is 0 Å². The fraction of sp³-hybridized carbons (Fsp3) is 0.235. The summed E-state index contributed by atoms with van der Waals surface area (Å²) in [5, 5.41) is 16.3. The summed E-state index contributed by atoms with van der Waals surface area (Å²) in [5.41, 5.74) is 10.8. The summed E-state index contributed by atoms with van der Waals surface area (Å²) in [6.45, 7) is 10.6. The number of ether oxygens (including phenoxy) is 1. The van der Waals surface area contributed by atoms with Crippen LogP contribution in [0.5, 0.6) is 5.75 Å². The number of nitrogens with one attached hydrogen (secondary N) is 1. The van der Waals surface area contributed by atoms with E-state index in [1.54, 1.807) is 6.08 Å². The first kappa shape index (κ1) is 28.7. The van der Waals surface area contributed by atoms with Gasteiger partial charge in [-0.2, -0.15) is 5.26 Å².